The summed E-state index contributed by atoms with van der Waals surface area (Å²) >= 11 is 0. The summed E-state index contributed by atoms with van der Waals surface area (Å²) in [5, 5.41) is 2.85. The van der Waals surface area contributed by atoms with Crippen LogP contribution in [0.5, 0.6) is 0 Å². The fraction of sp³-hybridized carbons (Fsp3) is 0.211. The van der Waals surface area contributed by atoms with Crippen molar-refractivity contribution in [2.75, 3.05) is 7.11 Å². The van der Waals surface area contributed by atoms with E-state index in [9.17, 15) is 9.59 Å². The van der Waals surface area contributed by atoms with Crippen LogP contribution in [0.1, 0.15) is 21.7 Å². The second kappa shape index (κ2) is 7.17. The van der Waals surface area contributed by atoms with Gasteiger partial charge in [-0.05, 0) is 31.2 Å². The van der Waals surface area contributed by atoms with E-state index in [4.69, 9.17) is 4.74 Å². The van der Waals surface area contributed by atoms with Crippen LogP contribution in [0.25, 0.3) is 11.0 Å². The van der Waals surface area contributed by atoms with Crippen LogP contribution in [0.15, 0.2) is 48.5 Å². The van der Waals surface area contributed by atoms with Crippen LogP contribution in [0.3, 0.4) is 0 Å². The van der Waals surface area contributed by atoms with Crippen molar-refractivity contribution in [1.82, 2.24) is 14.9 Å². The van der Waals surface area contributed by atoms with E-state index in [1.54, 1.807) is 16.7 Å². The van der Waals surface area contributed by atoms with E-state index < -0.39 is 0 Å². The molecule has 0 radical (unpaired) electrons. The van der Waals surface area contributed by atoms with Gasteiger partial charge in [0.1, 0.15) is 12.4 Å². The largest absolute Gasteiger partial charge is 0.468 e. The van der Waals surface area contributed by atoms with Gasteiger partial charge >= 0.3 is 5.97 Å². The predicted octanol–water partition coefficient (Wildman–Crippen LogP) is 2.45. The standard InChI is InChI=1S/C19H19N3O3/c1-13-7-9-14(10-8-13)19(24)20-11-17-21-15-5-3-4-6-16(15)22(17)12-18(23)25-2/h3-10H,11-12H2,1-2H3,(H,20,24). The van der Waals surface area contributed by atoms with Gasteiger partial charge in [0, 0.05) is 5.56 Å². The Morgan fingerprint density at radius 3 is 2.56 bits per heavy atom. The van der Waals surface area contributed by atoms with Crippen molar-refractivity contribution in [3.8, 4) is 0 Å². The third kappa shape index (κ3) is 3.68. The predicted molar refractivity (Wildman–Crippen MR) is 94.1 cm³/mol. The molecule has 0 atom stereocenters. The number of hydrogen-bond acceptors (Lipinski definition) is 4. The molecule has 2 aromatic carbocycles. The molecular formula is C19H19N3O3. The summed E-state index contributed by atoms with van der Waals surface area (Å²) in [6.07, 6.45) is 0. The van der Waals surface area contributed by atoms with Gasteiger partial charge in [-0.25, -0.2) is 4.98 Å². The third-order valence-corrected chi connectivity index (χ3v) is 3.97. The number of aryl methyl sites for hydroxylation is 1. The van der Waals surface area contributed by atoms with E-state index in [0.29, 0.717) is 11.4 Å². The quantitative estimate of drug-likeness (QED) is 0.726. The van der Waals surface area contributed by atoms with Gasteiger partial charge in [0.05, 0.1) is 24.7 Å². The molecule has 0 saturated carbocycles. The lowest BCUT2D eigenvalue weighted by atomic mass is 10.1. The molecule has 1 amide bonds. The summed E-state index contributed by atoms with van der Waals surface area (Å²) in [5.41, 5.74) is 3.27. The van der Waals surface area contributed by atoms with Gasteiger partial charge in [-0.1, -0.05) is 29.8 Å². The van der Waals surface area contributed by atoms with Crippen LogP contribution in [-0.2, 0) is 22.6 Å². The molecule has 1 N–H and O–H groups in total. The number of benzene rings is 2. The molecule has 0 bridgehead atoms. The summed E-state index contributed by atoms with van der Waals surface area (Å²) in [6, 6.07) is 14.9. The molecule has 25 heavy (non-hydrogen) atoms. The van der Waals surface area contributed by atoms with Gasteiger partial charge in [0.2, 0.25) is 0 Å². The number of esters is 1. The first kappa shape index (κ1) is 16.7. The van der Waals surface area contributed by atoms with Crippen molar-refractivity contribution in [2.24, 2.45) is 0 Å². The molecular weight excluding hydrogens is 318 g/mol. The summed E-state index contributed by atoms with van der Waals surface area (Å²) in [5.74, 6) is 0.0537. The highest BCUT2D eigenvalue weighted by Gasteiger charge is 2.15. The molecule has 0 spiro atoms. The maximum atomic E-state index is 12.3. The molecule has 128 valence electrons. The highest BCUT2D eigenvalue weighted by molar-refractivity contribution is 5.94. The lowest BCUT2D eigenvalue weighted by Crippen LogP contribution is -2.25. The number of amides is 1. The number of hydrogen-bond donors (Lipinski definition) is 1. The Morgan fingerprint density at radius 1 is 1.12 bits per heavy atom. The molecule has 1 aromatic heterocycles. The van der Waals surface area contributed by atoms with Crippen LogP contribution < -0.4 is 5.32 Å². The summed E-state index contributed by atoms with van der Waals surface area (Å²) in [4.78, 5) is 28.5. The molecule has 0 aliphatic carbocycles. The van der Waals surface area contributed by atoms with Crippen molar-refractivity contribution in [2.45, 2.75) is 20.0 Å². The minimum atomic E-state index is -0.366. The number of aromatic nitrogens is 2. The van der Waals surface area contributed by atoms with Gasteiger partial charge in [0.25, 0.3) is 5.91 Å². The SMILES string of the molecule is COC(=O)Cn1c(CNC(=O)c2ccc(C)cc2)nc2ccccc21. The van der Waals surface area contributed by atoms with E-state index in [-0.39, 0.29) is 25.0 Å². The molecule has 3 rings (SSSR count). The molecule has 0 aliphatic rings. The normalized spacial score (nSPS) is 10.6. The summed E-state index contributed by atoms with van der Waals surface area (Å²) < 4.78 is 6.52. The van der Waals surface area contributed by atoms with Gasteiger partial charge in [-0.3, -0.25) is 9.59 Å². The van der Waals surface area contributed by atoms with Crippen LogP contribution >= 0.6 is 0 Å². The second-order valence-electron chi connectivity index (χ2n) is 5.73. The van der Waals surface area contributed by atoms with Crippen LogP contribution in [0.4, 0.5) is 0 Å². The molecule has 6 heteroatoms. The number of carbonyl (C=O) groups is 2. The number of ether oxygens (including phenoxy) is 1. The van der Waals surface area contributed by atoms with Gasteiger partial charge in [-0.2, -0.15) is 0 Å². The van der Waals surface area contributed by atoms with E-state index in [0.717, 1.165) is 16.6 Å². The van der Waals surface area contributed by atoms with Gasteiger partial charge < -0.3 is 14.6 Å². The third-order valence-electron chi connectivity index (χ3n) is 3.97. The van der Waals surface area contributed by atoms with E-state index in [1.807, 2.05) is 43.3 Å². The number of imidazole rings is 1. The number of carbonyl (C=O) groups excluding carboxylic acids is 2. The number of fused-ring (bicyclic) bond motifs is 1. The van der Waals surface area contributed by atoms with E-state index in [2.05, 4.69) is 10.3 Å². The maximum Gasteiger partial charge on any atom is 0.325 e. The number of nitrogens with one attached hydrogen (secondary N) is 1. The first-order valence-electron chi connectivity index (χ1n) is 7.94. The number of nitrogens with zero attached hydrogens (tertiary/aromatic N) is 2. The van der Waals surface area contributed by atoms with Crippen LogP contribution in [0.2, 0.25) is 0 Å². The Hall–Kier alpha value is -3.15. The first-order valence-corrected chi connectivity index (χ1v) is 7.94. The summed E-state index contributed by atoms with van der Waals surface area (Å²) in [6.45, 7) is 2.24. The lowest BCUT2D eigenvalue weighted by molar-refractivity contribution is -0.141. The van der Waals surface area contributed by atoms with E-state index in [1.165, 1.54) is 7.11 Å². The van der Waals surface area contributed by atoms with Gasteiger partial charge in [-0.15, -0.1) is 0 Å². The maximum absolute atomic E-state index is 12.3. The zero-order chi connectivity index (χ0) is 17.8. The average molecular weight is 337 g/mol. The molecule has 0 unspecified atom stereocenters. The minimum absolute atomic E-state index is 0.0484. The number of para-hydroxylation sites is 2. The Kier molecular flexibility index (Phi) is 4.79. The van der Waals surface area contributed by atoms with Crippen molar-refractivity contribution in [3.63, 3.8) is 0 Å². The average Bonchev–Trinajstić information content (AvgIpc) is 2.98. The number of rotatable bonds is 5. The topological polar surface area (TPSA) is 73.2 Å². The van der Waals surface area contributed by atoms with E-state index >= 15 is 0 Å². The first-order chi connectivity index (χ1) is 12.1. The van der Waals surface area contributed by atoms with Crippen molar-refractivity contribution in [1.29, 1.82) is 0 Å². The Morgan fingerprint density at radius 2 is 1.84 bits per heavy atom. The zero-order valence-corrected chi connectivity index (χ0v) is 14.2. The molecule has 3 aromatic rings. The molecule has 6 nitrogen and oxygen atoms in total. The Balaban J connectivity index is 1.82. The smallest absolute Gasteiger partial charge is 0.325 e. The van der Waals surface area contributed by atoms with Crippen molar-refractivity contribution < 1.29 is 14.3 Å². The Bertz CT molecular complexity index is 913. The molecule has 1 heterocycles. The second-order valence-corrected chi connectivity index (χ2v) is 5.73. The molecule has 0 saturated heterocycles. The monoisotopic (exact) mass is 337 g/mol. The Labute approximate surface area is 145 Å². The van der Waals surface area contributed by atoms with Crippen LogP contribution in [-0.4, -0.2) is 28.5 Å². The van der Waals surface area contributed by atoms with Gasteiger partial charge in [0.15, 0.2) is 0 Å². The van der Waals surface area contributed by atoms with Crippen LogP contribution in [0, 0.1) is 6.92 Å². The molecule has 0 fully saturated rings. The fourth-order valence-electron chi connectivity index (χ4n) is 2.60. The zero-order valence-electron chi connectivity index (χ0n) is 14.2. The highest BCUT2D eigenvalue weighted by Crippen LogP contribution is 2.16. The molecule has 0 aliphatic heterocycles. The van der Waals surface area contributed by atoms with Crippen molar-refractivity contribution in [3.05, 3.63) is 65.5 Å². The minimum Gasteiger partial charge on any atom is -0.468 e. The fourth-order valence-corrected chi connectivity index (χ4v) is 2.60. The summed E-state index contributed by atoms with van der Waals surface area (Å²) in [7, 11) is 1.35. The van der Waals surface area contributed by atoms with Crippen molar-refractivity contribution >= 4 is 22.9 Å². The highest BCUT2D eigenvalue weighted by atomic mass is 16.5. The number of methoxy groups -OCH3 is 1. The lowest BCUT2D eigenvalue weighted by Gasteiger charge is -2.09.